The van der Waals surface area contributed by atoms with Gasteiger partial charge in [0.05, 0.1) is 11.3 Å². The van der Waals surface area contributed by atoms with E-state index < -0.39 is 23.3 Å². The van der Waals surface area contributed by atoms with Crippen molar-refractivity contribution in [2.24, 2.45) is 0 Å². The summed E-state index contributed by atoms with van der Waals surface area (Å²) in [5, 5.41) is 14.4. The maximum Gasteiger partial charge on any atom is 0.435 e. The molecule has 1 aliphatic heterocycles. The van der Waals surface area contributed by atoms with Crippen LogP contribution in [0.2, 0.25) is 0 Å². The Labute approximate surface area is 228 Å². The average Bonchev–Trinajstić information content (AvgIpc) is 3.65. The van der Waals surface area contributed by atoms with Crippen LogP contribution in [0.15, 0.2) is 71.3 Å². The Kier molecular flexibility index (Phi) is 7.94. The molecule has 0 spiro atoms. The zero-order valence-corrected chi connectivity index (χ0v) is 21.5. The summed E-state index contributed by atoms with van der Waals surface area (Å²) in [6.07, 6.45) is -1.90. The van der Waals surface area contributed by atoms with Gasteiger partial charge in [-0.05, 0) is 43.5 Å². The maximum absolute atomic E-state index is 13.5. The van der Waals surface area contributed by atoms with E-state index >= 15 is 0 Å². The van der Waals surface area contributed by atoms with Gasteiger partial charge in [-0.25, -0.2) is 4.68 Å². The number of likely N-dealkylation sites (tertiary alicyclic amines) is 1. The van der Waals surface area contributed by atoms with Crippen molar-refractivity contribution < 1.29 is 27.2 Å². The van der Waals surface area contributed by atoms with E-state index in [0.717, 1.165) is 16.4 Å². The molecule has 0 unspecified atom stereocenters. The normalized spacial score (nSPS) is 14.3. The highest BCUT2D eigenvalue weighted by atomic mass is 19.4. The van der Waals surface area contributed by atoms with Crippen molar-refractivity contribution >= 4 is 11.8 Å². The standard InChI is InChI=1S/C28H27F3N6O3/c29-28(30,31)24-22(18-37(35-24)21-10-5-2-6-11-21)25(39)32-15-7-12-23(38)36-16-13-20(14-17-36)27-34-33-26(40-27)19-8-3-1-4-9-19/h1-6,8-11,18,20H,7,12-17H2,(H,32,39). The highest BCUT2D eigenvalue weighted by Gasteiger charge is 2.39. The second-order valence-corrected chi connectivity index (χ2v) is 9.50. The summed E-state index contributed by atoms with van der Waals surface area (Å²) in [6.45, 7) is 1.12. The predicted molar refractivity (Wildman–Crippen MR) is 138 cm³/mol. The minimum atomic E-state index is -4.79. The van der Waals surface area contributed by atoms with Gasteiger partial charge in [-0.15, -0.1) is 10.2 Å². The topological polar surface area (TPSA) is 106 Å². The third kappa shape index (κ3) is 6.22. The van der Waals surface area contributed by atoms with Gasteiger partial charge in [0.25, 0.3) is 5.91 Å². The van der Waals surface area contributed by atoms with Gasteiger partial charge < -0.3 is 14.6 Å². The van der Waals surface area contributed by atoms with Crippen LogP contribution >= 0.6 is 0 Å². The number of carbonyl (C=O) groups is 2. The van der Waals surface area contributed by atoms with Crippen LogP contribution in [-0.2, 0) is 11.0 Å². The first-order valence-corrected chi connectivity index (χ1v) is 13.0. The summed E-state index contributed by atoms with van der Waals surface area (Å²) < 4.78 is 47.5. The Morgan fingerprint density at radius 3 is 2.33 bits per heavy atom. The molecule has 2 aromatic carbocycles. The summed E-state index contributed by atoms with van der Waals surface area (Å²) >= 11 is 0. The number of rotatable bonds is 8. The van der Waals surface area contributed by atoms with E-state index in [1.165, 1.54) is 0 Å². The van der Waals surface area contributed by atoms with E-state index in [1.807, 2.05) is 30.3 Å². The van der Waals surface area contributed by atoms with Crippen LogP contribution in [0.5, 0.6) is 0 Å². The number of nitrogens with one attached hydrogen (secondary N) is 1. The lowest BCUT2D eigenvalue weighted by atomic mass is 9.96. The van der Waals surface area contributed by atoms with Gasteiger partial charge in [0.2, 0.25) is 17.7 Å². The summed E-state index contributed by atoms with van der Waals surface area (Å²) in [5.74, 6) is 0.120. The molecule has 0 bridgehead atoms. The maximum atomic E-state index is 13.5. The average molecular weight is 553 g/mol. The first kappa shape index (κ1) is 27.1. The minimum Gasteiger partial charge on any atom is -0.420 e. The molecule has 4 aromatic rings. The molecule has 5 rings (SSSR count). The summed E-state index contributed by atoms with van der Waals surface area (Å²) in [4.78, 5) is 27.0. The lowest BCUT2D eigenvalue weighted by Crippen LogP contribution is -2.38. The van der Waals surface area contributed by atoms with Crippen molar-refractivity contribution in [2.45, 2.75) is 37.8 Å². The molecule has 1 fully saturated rings. The first-order valence-electron chi connectivity index (χ1n) is 13.0. The Morgan fingerprint density at radius 1 is 0.975 bits per heavy atom. The number of hydrogen-bond donors (Lipinski definition) is 1. The van der Waals surface area contributed by atoms with Gasteiger partial charge in [-0.2, -0.15) is 18.3 Å². The monoisotopic (exact) mass is 552 g/mol. The molecular weight excluding hydrogens is 525 g/mol. The number of nitrogens with zero attached hydrogens (tertiary/aromatic N) is 5. The van der Waals surface area contributed by atoms with Gasteiger partial charge in [0.15, 0.2) is 5.69 Å². The molecule has 208 valence electrons. The van der Waals surface area contributed by atoms with E-state index in [1.54, 1.807) is 35.2 Å². The van der Waals surface area contributed by atoms with Crippen molar-refractivity contribution in [1.29, 1.82) is 0 Å². The highest BCUT2D eigenvalue weighted by Crippen LogP contribution is 2.32. The molecule has 2 aromatic heterocycles. The number of carbonyl (C=O) groups excluding carboxylic acids is 2. The largest absolute Gasteiger partial charge is 0.435 e. The molecule has 0 radical (unpaired) electrons. The molecule has 3 heterocycles. The second-order valence-electron chi connectivity index (χ2n) is 9.50. The number of aromatic nitrogens is 4. The lowest BCUT2D eigenvalue weighted by Gasteiger charge is -2.30. The molecule has 0 atom stereocenters. The van der Waals surface area contributed by atoms with E-state index in [0.29, 0.717) is 49.8 Å². The number of amides is 2. The van der Waals surface area contributed by atoms with Crippen LogP contribution in [0, 0.1) is 0 Å². The molecule has 0 saturated carbocycles. The minimum absolute atomic E-state index is 0.0547. The first-order chi connectivity index (χ1) is 19.3. The van der Waals surface area contributed by atoms with Crippen molar-refractivity contribution in [3.8, 4) is 17.1 Å². The molecule has 12 heteroatoms. The molecule has 2 amide bonds. The Morgan fingerprint density at radius 2 is 1.65 bits per heavy atom. The van der Waals surface area contributed by atoms with Crippen LogP contribution in [0.4, 0.5) is 13.2 Å². The number of benzene rings is 2. The van der Waals surface area contributed by atoms with Gasteiger partial charge in [0, 0.05) is 43.7 Å². The molecular formula is C28H27F3N6O3. The van der Waals surface area contributed by atoms with Gasteiger partial charge in [-0.1, -0.05) is 36.4 Å². The van der Waals surface area contributed by atoms with Crippen LogP contribution in [0.3, 0.4) is 0 Å². The van der Waals surface area contributed by atoms with E-state index in [2.05, 4.69) is 20.6 Å². The predicted octanol–water partition coefficient (Wildman–Crippen LogP) is 4.86. The number of para-hydroxylation sites is 1. The van der Waals surface area contributed by atoms with Crippen molar-refractivity contribution in [3.05, 3.63) is 84.0 Å². The third-order valence-corrected chi connectivity index (χ3v) is 6.76. The van der Waals surface area contributed by atoms with E-state index in [4.69, 9.17) is 4.42 Å². The summed E-state index contributed by atoms with van der Waals surface area (Å²) in [5.41, 5.74) is -0.580. The molecule has 1 N–H and O–H groups in total. The van der Waals surface area contributed by atoms with Crippen LogP contribution in [0.25, 0.3) is 17.1 Å². The molecule has 9 nitrogen and oxygen atoms in total. The van der Waals surface area contributed by atoms with Gasteiger partial charge >= 0.3 is 6.18 Å². The van der Waals surface area contributed by atoms with Crippen molar-refractivity contribution in [3.63, 3.8) is 0 Å². The molecule has 0 aliphatic carbocycles. The van der Waals surface area contributed by atoms with Crippen LogP contribution < -0.4 is 5.32 Å². The fraction of sp³-hybridized carbons (Fsp3) is 0.321. The molecule has 1 aliphatic rings. The second kappa shape index (κ2) is 11.7. The van der Waals surface area contributed by atoms with E-state index in [9.17, 15) is 22.8 Å². The van der Waals surface area contributed by atoms with Crippen LogP contribution in [-0.4, -0.2) is 56.3 Å². The van der Waals surface area contributed by atoms with Crippen LogP contribution in [0.1, 0.15) is 53.5 Å². The fourth-order valence-corrected chi connectivity index (χ4v) is 4.63. The number of hydrogen-bond acceptors (Lipinski definition) is 6. The Hall–Kier alpha value is -4.48. The smallest absolute Gasteiger partial charge is 0.420 e. The van der Waals surface area contributed by atoms with E-state index in [-0.39, 0.29) is 24.8 Å². The van der Waals surface area contributed by atoms with Crippen molar-refractivity contribution in [1.82, 2.24) is 30.2 Å². The van der Waals surface area contributed by atoms with Gasteiger partial charge in [-0.3, -0.25) is 9.59 Å². The zero-order chi connectivity index (χ0) is 28.1. The quantitative estimate of drug-likeness (QED) is 0.313. The van der Waals surface area contributed by atoms with Crippen molar-refractivity contribution in [2.75, 3.05) is 19.6 Å². The third-order valence-electron chi connectivity index (χ3n) is 6.76. The number of alkyl halides is 3. The number of piperidine rings is 1. The summed E-state index contributed by atoms with van der Waals surface area (Å²) in [7, 11) is 0. The zero-order valence-electron chi connectivity index (χ0n) is 21.5. The Balaban J connectivity index is 1.09. The Bertz CT molecular complexity index is 1440. The molecule has 1 saturated heterocycles. The SMILES string of the molecule is O=C(NCCCC(=O)N1CCC(c2nnc(-c3ccccc3)o2)CC1)c1cn(-c2ccccc2)nc1C(F)(F)F. The summed E-state index contributed by atoms with van der Waals surface area (Å²) in [6, 6.07) is 17.7. The number of halogens is 3. The highest BCUT2D eigenvalue weighted by molar-refractivity contribution is 5.95. The van der Waals surface area contributed by atoms with Gasteiger partial charge in [0.1, 0.15) is 0 Å². The molecule has 40 heavy (non-hydrogen) atoms. The lowest BCUT2D eigenvalue weighted by molar-refractivity contribution is -0.141. The fourth-order valence-electron chi connectivity index (χ4n) is 4.63.